The molecule has 1 amide bonds. The Morgan fingerprint density at radius 3 is 2.68 bits per heavy atom. The summed E-state index contributed by atoms with van der Waals surface area (Å²) in [6.45, 7) is 0.401. The maximum atomic E-state index is 12.9. The Bertz CT molecular complexity index is 1230. The van der Waals surface area contributed by atoms with Crippen molar-refractivity contribution in [2.45, 2.75) is 18.9 Å². The Kier molecular flexibility index (Phi) is 5.75. The number of amides is 1. The second kappa shape index (κ2) is 8.79. The van der Waals surface area contributed by atoms with E-state index in [2.05, 4.69) is 10.3 Å². The summed E-state index contributed by atoms with van der Waals surface area (Å²) in [5.74, 6) is -0.440. The lowest BCUT2D eigenvalue weighted by molar-refractivity contribution is -0.384. The van der Waals surface area contributed by atoms with Gasteiger partial charge in [0, 0.05) is 67.6 Å². The molecule has 0 spiro atoms. The molecule has 4 aromatic rings. The third-order valence-corrected chi connectivity index (χ3v) is 5.42. The van der Waals surface area contributed by atoms with Gasteiger partial charge in [-0.2, -0.15) is 0 Å². The van der Waals surface area contributed by atoms with Crippen LogP contribution in [0.5, 0.6) is 0 Å². The topological polar surface area (TPSA) is 90.1 Å². The molecule has 1 unspecified atom stereocenters. The van der Waals surface area contributed by atoms with Gasteiger partial charge in [0.05, 0.1) is 4.92 Å². The van der Waals surface area contributed by atoms with E-state index in [1.54, 1.807) is 24.5 Å². The van der Waals surface area contributed by atoms with E-state index < -0.39 is 4.92 Å². The predicted octanol–water partition coefficient (Wildman–Crippen LogP) is 4.32. The molecule has 0 fully saturated rings. The van der Waals surface area contributed by atoms with Gasteiger partial charge in [-0.25, -0.2) is 0 Å². The van der Waals surface area contributed by atoms with E-state index in [0.29, 0.717) is 6.54 Å². The number of rotatable bonds is 7. The molecule has 156 valence electrons. The van der Waals surface area contributed by atoms with Crippen LogP contribution in [0.2, 0.25) is 0 Å². The fourth-order valence-corrected chi connectivity index (χ4v) is 3.87. The number of aryl methyl sites for hydroxylation is 1. The van der Waals surface area contributed by atoms with E-state index >= 15 is 0 Å². The lowest BCUT2D eigenvalue weighted by atomic mass is 9.87. The van der Waals surface area contributed by atoms with Gasteiger partial charge in [-0.05, 0) is 34.9 Å². The quantitative estimate of drug-likeness (QED) is 0.360. The highest BCUT2D eigenvalue weighted by molar-refractivity contribution is 5.86. The first kappa shape index (κ1) is 20.3. The van der Waals surface area contributed by atoms with Crippen molar-refractivity contribution >= 4 is 22.5 Å². The first-order valence-electron chi connectivity index (χ1n) is 9.97. The SMILES string of the molecule is Cn1cc(C(CC(=O)NCc2ccncc2)c2cccc([N+](=O)[O-])c2)c2ccccc21. The molecule has 2 heterocycles. The molecule has 0 aliphatic heterocycles. The van der Waals surface area contributed by atoms with E-state index in [1.807, 2.05) is 60.3 Å². The van der Waals surface area contributed by atoms with Gasteiger partial charge >= 0.3 is 0 Å². The number of benzene rings is 2. The van der Waals surface area contributed by atoms with Crippen molar-refractivity contribution in [1.29, 1.82) is 0 Å². The van der Waals surface area contributed by atoms with Gasteiger partial charge in [0.15, 0.2) is 0 Å². The highest BCUT2D eigenvalue weighted by Gasteiger charge is 2.23. The number of nitro groups is 1. The number of nitrogens with zero attached hydrogens (tertiary/aromatic N) is 3. The van der Waals surface area contributed by atoms with Crippen LogP contribution >= 0.6 is 0 Å². The van der Waals surface area contributed by atoms with Crippen LogP contribution in [0, 0.1) is 10.1 Å². The Balaban J connectivity index is 1.68. The summed E-state index contributed by atoms with van der Waals surface area (Å²) >= 11 is 0. The molecule has 1 atom stereocenters. The van der Waals surface area contributed by atoms with Crippen molar-refractivity contribution in [3.8, 4) is 0 Å². The molecule has 0 radical (unpaired) electrons. The molecule has 0 bridgehead atoms. The molecule has 2 aromatic carbocycles. The van der Waals surface area contributed by atoms with E-state index in [0.717, 1.165) is 27.6 Å². The number of nitro benzene ring substituents is 1. The zero-order valence-corrected chi connectivity index (χ0v) is 17.1. The van der Waals surface area contributed by atoms with Crippen LogP contribution in [-0.2, 0) is 18.4 Å². The Morgan fingerprint density at radius 2 is 1.90 bits per heavy atom. The normalized spacial score (nSPS) is 11.9. The number of hydrogen-bond donors (Lipinski definition) is 1. The molecule has 0 saturated heterocycles. The lowest BCUT2D eigenvalue weighted by Gasteiger charge is -2.17. The molecule has 2 aromatic heterocycles. The Morgan fingerprint density at radius 1 is 1.13 bits per heavy atom. The van der Waals surface area contributed by atoms with Crippen molar-refractivity contribution in [1.82, 2.24) is 14.9 Å². The van der Waals surface area contributed by atoms with E-state index in [4.69, 9.17) is 0 Å². The Labute approximate surface area is 179 Å². The summed E-state index contributed by atoms with van der Waals surface area (Å²) < 4.78 is 2.02. The summed E-state index contributed by atoms with van der Waals surface area (Å²) in [7, 11) is 1.96. The number of carbonyl (C=O) groups excluding carboxylic acids is 1. The monoisotopic (exact) mass is 414 g/mol. The third-order valence-electron chi connectivity index (χ3n) is 5.42. The number of fused-ring (bicyclic) bond motifs is 1. The minimum absolute atomic E-state index is 0.0138. The second-order valence-electron chi connectivity index (χ2n) is 7.45. The lowest BCUT2D eigenvalue weighted by Crippen LogP contribution is -2.25. The summed E-state index contributed by atoms with van der Waals surface area (Å²) in [6, 6.07) is 18.2. The highest BCUT2D eigenvalue weighted by atomic mass is 16.6. The largest absolute Gasteiger partial charge is 0.352 e. The van der Waals surface area contributed by atoms with Gasteiger partial charge in [-0.3, -0.25) is 19.9 Å². The van der Waals surface area contributed by atoms with Crippen LogP contribution in [0.15, 0.2) is 79.3 Å². The second-order valence-corrected chi connectivity index (χ2v) is 7.45. The van der Waals surface area contributed by atoms with Crippen molar-refractivity contribution in [2.24, 2.45) is 7.05 Å². The van der Waals surface area contributed by atoms with Gasteiger partial charge in [-0.15, -0.1) is 0 Å². The van der Waals surface area contributed by atoms with Gasteiger partial charge in [0.25, 0.3) is 5.69 Å². The zero-order valence-electron chi connectivity index (χ0n) is 17.1. The summed E-state index contributed by atoms with van der Waals surface area (Å²) in [5.41, 5.74) is 3.73. The maximum absolute atomic E-state index is 12.9. The van der Waals surface area contributed by atoms with E-state index in [9.17, 15) is 14.9 Å². The van der Waals surface area contributed by atoms with Crippen LogP contribution in [0.1, 0.15) is 29.0 Å². The minimum Gasteiger partial charge on any atom is -0.352 e. The highest BCUT2D eigenvalue weighted by Crippen LogP contribution is 2.35. The molecule has 0 saturated carbocycles. The van der Waals surface area contributed by atoms with Crippen LogP contribution in [-0.4, -0.2) is 20.4 Å². The van der Waals surface area contributed by atoms with Crippen molar-refractivity contribution in [3.05, 3.63) is 106 Å². The van der Waals surface area contributed by atoms with Crippen LogP contribution in [0.25, 0.3) is 10.9 Å². The number of carbonyl (C=O) groups is 1. The smallest absolute Gasteiger partial charge is 0.269 e. The molecule has 0 aliphatic carbocycles. The molecule has 31 heavy (non-hydrogen) atoms. The minimum atomic E-state index is -0.410. The number of hydrogen-bond acceptors (Lipinski definition) is 4. The summed E-state index contributed by atoms with van der Waals surface area (Å²) in [6.07, 6.45) is 5.55. The molecule has 4 rings (SSSR count). The average molecular weight is 414 g/mol. The van der Waals surface area contributed by atoms with E-state index in [1.165, 1.54) is 6.07 Å². The van der Waals surface area contributed by atoms with Crippen molar-refractivity contribution < 1.29 is 9.72 Å². The maximum Gasteiger partial charge on any atom is 0.269 e. The van der Waals surface area contributed by atoms with Crippen molar-refractivity contribution in [2.75, 3.05) is 0 Å². The number of pyridine rings is 1. The standard InChI is InChI=1S/C24H22N4O3/c1-27-16-22(20-7-2-3-8-23(20)27)21(18-5-4-6-19(13-18)28(30)31)14-24(29)26-15-17-9-11-25-12-10-17/h2-13,16,21H,14-15H2,1H3,(H,26,29). The Hall–Kier alpha value is -4.00. The van der Waals surface area contributed by atoms with Crippen LogP contribution in [0.4, 0.5) is 5.69 Å². The first-order chi connectivity index (χ1) is 15.0. The first-order valence-corrected chi connectivity index (χ1v) is 9.97. The van der Waals surface area contributed by atoms with Gasteiger partial charge in [0.2, 0.25) is 5.91 Å². The predicted molar refractivity (Wildman–Crippen MR) is 119 cm³/mol. The summed E-state index contributed by atoms with van der Waals surface area (Å²) in [4.78, 5) is 27.8. The van der Waals surface area contributed by atoms with Crippen LogP contribution in [0.3, 0.4) is 0 Å². The van der Waals surface area contributed by atoms with Gasteiger partial charge in [0.1, 0.15) is 0 Å². The third kappa shape index (κ3) is 4.45. The number of nitrogens with one attached hydrogen (secondary N) is 1. The van der Waals surface area contributed by atoms with Crippen LogP contribution < -0.4 is 5.32 Å². The molecule has 7 nitrogen and oxygen atoms in total. The summed E-state index contributed by atoms with van der Waals surface area (Å²) in [5, 5.41) is 15.3. The zero-order chi connectivity index (χ0) is 21.8. The molecule has 1 N–H and O–H groups in total. The number of para-hydroxylation sites is 1. The fraction of sp³-hybridized carbons (Fsp3) is 0.167. The molecule has 7 heteroatoms. The van der Waals surface area contributed by atoms with E-state index in [-0.39, 0.29) is 23.9 Å². The average Bonchev–Trinajstić information content (AvgIpc) is 3.13. The van der Waals surface area contributed by atoms with Crippen molar-refractivity contribution in [3.63, 3.8) is 0 Å². The molecule has 0 aliphatic rings. The molecular weight excluding hydrogens is 392 g/mol. The fourth-order valence-electron chi connectivity index (χ4n) is 3.87. The molecular formula is C24H22N4O3. The van der Waals surface area contributed by atoms with Gasteiger partial charge < -0.3 is 9.88 Å². The number of aromatic nitrogens is 2. The number of non-ortho nitro benzene ring substituents is 1. The van der Waals surface area contributed by atoms with Gasteiger partial charge in [-0.1, -0.05) is 30.3 Å².